The Morgan fingerprint density at radius 3 is 2.46 bits per heavy atom. The minimum Gasteiger partial charge on any atom is -0.466 e. The van der Waals surface area contributed by atoms with Crippen molar-refractivity contribution in [3.05, 3.63) is 47.4 Å². The van der Waals surface area contributed by atoms with Gasteiger partial charge in [0.05, 0.1) is 31.7 Å². The molecule has 26 heavy (non-hydrogen) atoms. The minimum absolute atomic E-state index is 0.215. The summed E-state index contributed by atoms with van der Waals surface area (Å²) in [5, 5.41) is 10.5. The van der Waals surface area contributed by atoms with Crippen LogP contribution in [-0.4, -0.2) is 35.7 Å². The Balaban J connectivity index is 2.50. The number of amides is 2. The Morgan fingerprint density at radius 2 is 1.96 bits per heavy atom. The van der Waals surface area contributed by atoms with Crippen molar-refractivity contribution in [2.75, 3.05) is 7.11 Å². The largest absolute Gasteiger partial charge is 0.466 e. The molecule has 0 saturated heterocycles. The van der Waals surface area contributed by atoms with Gasteiger partial charge in [-0.2, -0.15) is 18.4 Å². The first-order valence-electron chi connectivity index (χ1n) is 7.22. The third-order valence-corrected chi connectivity index (χ3v) is 3.83. The number of carbonyl (C=O) groups is 2. The number of rotatable bonds is 4. The van der Waals surface area contributed by atoms with E-state index in [4.69, 9.17) is 5.26 Å². The van der Waals surface area contributed by atoms with Crippen molar-refractivity contribution in [2.45, 2.75) is 24.7 Å². The summed E-state index contributed by atoms with van der Waals surface area (Å²) in [7, 11) is 0.886. The molecule has 10 heteroatoms. The van der Waals surface area contributed by atoms with Gasteiger partial charge in [-0.3, -0.25) is 4.90 Å². The lowest BCUT2D eigenvalue weighted by Gasteiger charge is -2.40. The van der Waals surface area contributed by atoms with Gasteiger partial charge in [0.15, 0.2) is 5.54 Å². The maximum Gasteiger partial charge on any atom is 0.417 e. The molecule has 6 nitrogen and oxygen atoms in total. The lowest BCUT2D eigenvalue weighted by Crippen LogP contribution is -2.65. The van der Waals surface area contributed by atoms with E-state index in [0.29, 0.717) is 11.8 Å². The Bertz CT molecular complexity index is 783. The normalized spacial score (nSPS) is 20.1. The molecule has 1 heterocycles. The van der Waals surface area contributed by atoms with Gasteiger partial charge in [0, 0.05) is 6.20 Å². The lowest BCUT2D eigenvalue weighted by atomic mass is 9.84. The molecular formula is C16H13F4N3O3. The average Bonchev–Trinajstić information content (AvgIpc) is 2.57. The van der Waals surface area contributed by atoms with Crippen LogP contribution in [0, 0.1) is 17.1 Å². The summed E-state index contributed by atoms with van der Waals surface area (Å²) in [6.45, 7) is -0.215. The van der Waals surface area contributed by atoms with Crippen LogP contribution < -0.4 is 5.32 Å². The van der Waals surface area contributed by atoms with Gasteiger partial charge in [0.1, 0.15) is 5.82 Å². The maximum absolute atomic E-state index is 13.6. The van der Waals surface area contributed by atoms with Gasteiger partial charge in [-0.05, 0) is 17.7 Å². The fourth-order valence-corrected chi connectivity index (χ4v) is 2.47. The van der Waals surface area contributed by atoms with E-state index < -0.39 is 41.5 Å². The molecule has 0 fully saturated rings. The zero-order chi connectivity index (χ0) is 19.5. The van der Waals surface area contributed by atoms with Gasteiger partial charge in [0.2, 0.25) is 0 Å². The molecule has 1 aromatic carbocycles. The van der Waals surface area contributed by atoms with E-state index >= 15 is 0 Å². The molecule has 2 amide bonds. The average molecular weight is 371 g/mol. The molecule has 1 atom stereocenters. The van der Waals surface area contributed by atoms with Gasteiger partial charge < -0.3 is 10.1 Å². The second-order valence-electron chi connectivity index (χ2n) is 5.46. The van der Waals surface area contributed by atoms with E-state index in [1.54, 1.807) is 5.32 Å². The summed E-state index contributed by atoms with van der Waals surface area (Å²) in [5.41, 5.74) is -3.68. The van der Waals surface area contributed by atoms with Crippen molar-refractivity contribution in [3.63, 3.8) is 0 Å². The summed E-state index contributed by atoms with van der Waals surface area (Å²) in [5.74, 6) is -1.85. The van der Waals surface area contributed by atoms with Gasteiger partial charge >= 0.3 is 18.2 Å². The molecule has 1 N–H and O–H groups in total. The van der Waals surface area contributed by atoms with E-state index in [1.165, 1.54) is 18.2 Å². The highest BCUT2D eigenvalue weighted by Crippen LogP contribution is 2.41. The number of carbonyl (C=O) groups excluding carboxylic acids is 2. The van der Waals surface area contributed by atoms with Crippen LogP contribution in [0.3, 0.4) is 0 Å². The number of halogens is 4. The molecule has 1 aromatic rings. The van der Waals surface area contributed by atoms with Crippen molar-refractivity contribution >= 4 is 12.0 Å². The van der Waals surface area contributed by atoms with Crippen LogP contribution in [0.25, 0.3) is 0 Å². The first-order valence-corrected chi connectivity index (χ1v) is 7.22. The molecule has 138 valence electrons. The fourth-order valence-electron chi connectivity index (χ4n) is 2.47. The van der Waals surface area contributed by atoms with E-state index in [-0.39, 0.29) is 6.54 Å². The quantitative estimate of drug-likeness (QED) is 0.652. The van der Waals surface area contributed by atoms with Crippen molar-refractivity contribution in [1.82, 2.24) is 10.2 Å². The number of hydrogen-bond acceptors (Lipinski definition) is 4. The van der Waals surface area contributed by atoms with E-state index in [2.05, 4.69) is 4.74 Å². The Morgan fingerprint density at radius 1 is 1.35 bits per heavy atom. The van der Waals surface area contributed by atoms with Crippen LogP contribution in [0.15, 0.2) is 36.0 Å². The van der Waals surface area contributed by atoms with E-state index in [1.807, 2.05) is 0 Å². The third-order valence-electron chi connectivity index (χ3n) is 3.83. The standard InChI is InChI=1S/C16H13F4N3O3/c1-26-13(24)12-9-23(8-10-2-4-11(17)5-3-10)14(25)22-15(12,6-7-21)16(18,19)20/h2-5,9H,6,8H2,1H3,(H,22,25). The minimum atomic E-state index is -5.11. The number of esters is 1. The van der Waals surface area contributed by atoms with E-state index in [0.717, 1.165) is 24.1 Å². The molecule has 0 spiro atoms. The number of ether oxygens (including phenoxy) is 1. The highest BCUT2D eigenvalue weighted by molar-refractivity contribution is 5.95. The molecule has 0 aromatic heterocycles. The number of hydrogen-bond donors (Lipinski definition) is 1. The second kappa shape index (κ2) is 7.03. The molecule has 0 saturated carbocycles. The predicted molar refractivity (Wildman–Crippen MR) is 79.6 cm³/mol. The number of urea groups is 1. The molecular weight excluding hydrogens is 358 g/mol. The van der Waals surface area contributed by atoms with Crippen LogP contribution in [0.5, 0.6) is 0 Å². The first kappa shape index (κ1) is 19.2. The highest BCUT2D eigenvalue weighted by Gasteiger charge is 2.62. The number of nitrogens with one attached hydrogen (secondary N) is 1. The number of nitrogens with zero attached hydrogens (tertiary/aromatic N) is 2. The number of benzene rings is 1. The molecule has 2 rings (SSSR count). The topological polar surface area (TPSA) is 82.4 Å². The van der Waals surface area contributed by atoms with Crippen LogP contribution in [0.2, 0.25) is 0 Å². The molecule has 1 unspecified atom stereocenters. The van der Waals surface area contributed by atoms with Gasteiger partial charge in [-0.1, -0.05) is 12.1 Å². The van der Waals surface area contributed by atoms with Crippen LogP contribution in [0.4, 0.5) is 22.4 Å². The van der Waals surface area contributed by atoms with Gasteiger partial charge in [-0.15, -0.1) is 0 Å². The van der Waals surface area contributed by atoms with Crippen LogP contribution >= 0.6 is 0 Å². The van der Waals surface area contributed by atoms with Crippen molar-refractivity contribution in [2.24, 2.45) is 0 Å². The second-order valence-corrected chi connectivity index (χ2v) is 5.46. The Kier molecular flexibility index (Phi) is 5.20. The predicted octanol–water partition coefficient (Wildman–Crippen LogP) is 2.62. The van der Waals surface area contributed by atoms with Gasteiger partial charge in [-0.25, -0.2) is 14.0 Å². The zero-order valence-corrected chi connectivity index (χ0v) is 13.4. The fraction of sp³-hybridized carbons (Fsp3) is 0.312. The van der Waals surface area contributed by atoms with Crippen LogP contribution in [-0.2, 0) is 16.1 Å². The smallest absolute Gasteiger partial charge is 0.417 e. The SMILES string of the molecule is COC(=O)C1=CN(Cc2ccc(F)cc2)C(=O)NC1(CC#N)C(F)(F)F. The summed E-state index contributed by atoms with van der Waals surface area (Å²) >= 11 is 0. The maximum atomic E-state index is 13.6. The first-order chi connectivity index (χ1) is 12.1. The number of nitriles is 1. The van der Waals surface area contributed by atoms with Crippen LogP contribution in [0.1, 0.15) is 12.0 Å². The number of alkyl halides is 3. The number of methoxy groups -OCH3 is 1. The van der Waals surface area contributed by atoms with E-state index in [9.17, 15) is 27.2 Å². The summed E-state index contributed by atoms with van der Waals surface area (Å²) in [6.07, 6.45) is -5.60. The molecule has 1 aliphatic rings. The summed E-state index contributed by atoms with van der Waals surface area (Å²) in [4.78, 5) is 24.9. The van der Waals surface area contributed by atoms with Gasteiger partial charge in [0.25, 0.3) is 0 Å². The monoisotopic (exact) mass is 371 g/mol. The zero-order valence-electron chi connectivity index (χ0n) is 13.4. The Labute approximate surface area is 145 Å². The molecule has 0 bridgehead atoms. The summed E-state index contributed by atoms with van der Waals surface area (Å²) < 4.78 is 58.2. The molecule has 0 radical (unpaired) electrons. The van der Waals surface area contributed by atoms with Crippen molar-refractivity contribution in [3.8, 4) is 6.07 Å². The Hall–Kier alpha value is -3.09. The molecule has 0 aliphatic carbocycles. The van der Waals surface area contributed by atoms with Crippen molar-refractivity contribution in [1.29, 1.82) is 5.26 Å². The molecule has 1 aliphatic heterocycles. The third kappa shape index (κ3) is 3.46. The summed E-state index contributed by atoms with van der Waals surface area (Å²) in [6, 6.07) is 5.11. The highest BCUT2D eigenvalue weighted by atomic mass is 19.4. The lowest BCUT2D eigenvalue weighted by molar-refractivity contribution is -0.186. The van der Waals surface area contributed by atoms with Crippen molar-refractivity contribution < 1.29 is 31.9 Å².